The van der Waals surface area contributed by atoms with Gasteiger partial charge in [0, 0.05) is 12.3 Å². The van der Waals surface area contributed by atoms with Crippen LogP contribution < -0.4 is 0 Å². The van der Waals surface area contributed by atoms with Gasteiger partial charge < -0.3 is 44.5 Å². The van der Waals surface area contributed by atoms with Crippen molar-refractivity contribution < 1.29 is 54.1 Å². The van der Waals surface area contributed by atoms with Crippen LogP contribution in [-0.4, -0.2) is 98.7 Å². The van der Waals surface area contributed by atoms with Crippen molar-refractivity contribution in [3.8, 4) is 0 Å². The lowest BCUT2D eigenvalue weighted by Gasteiger charge is -2.66. The molecule has 34 heavy (non-hydrogen) atoms. The quantitative estimate of drug-likeness (QED) is 0.300. The summed E-state index contributed by atoms with van der Waals surface area (Å²) in [5, 5.41) is 51.0. The van der Waals surface area contributed by atoms with Crippen LogP contribution in [0.1, 0.15) is 30.1 Å². The number of benzene rings is 1. The average Bonchev–Trinajstić information content (AvgIpc) is 2.88. The molecule has 6 rings (SSSR count). The van der Waals surface area contributed by atoms with Crippen molar-refractivity contribution in [1.29, 1.82) is 0 Å². The zero-order valence-electron chi connectivity index (χ0n) is 18.4. The van der Waals surface area contributed by atoms with Crippen LogP contribution in [0.3, 0.4) is 0 Å². The number of hydrogen-bond donors (Lipinski definition) is 5. The molecule has 1 aromatic carbocycles. The molecule has 10 atom stereocenters. The van der Waals surface area contributed by atoms with Crippen molar-refractivity contribution in [1.82, 2.24) is 0 Å². The standard InChI is InChI=1S/C23H28O11/c1-21-8-13(25)12-7-23(21,33-19-17(28)16(27)15(26)14(9-24)32-19)22(12,20(30)34-21)10-31-18(29)11-5-3-2-4-6-11/h2-6,12-17,19,24-28H,7-10H2,1H3/t12-,13-,14-,15-,16+,17-,19+,21+,22+,23+/m1/s1. The first-order valence-electron chi connectivity index (χ1n) is 11.2. The molecule has 11 nitrogen and oxygen atoms in total. The minimum Gasteiger partial charge on any atom is -0.461 e. The van der Waals surface area contributed by atoms with Crippen molar-refractivity contribution in [2.75, 3.05) is 13.2 Å². The highest BCUT2D eigenvalue weighted by atomic mass is 16.7. The van der Waals surface area contributed by atoms with Crippen molar-refractivity contribution >= 4 is 11.9 Å². The number of fused-ring (bicyclic) bond motifs is 1. The van der Waals surface area contributed by atoms with Crippen LogP contribution in [0.25, 0.3) is 0 Å². The van der Waals surface area contributed by atoms with E-state index >= 15 is 0 Å². The number of hydrogen-bond acceptors (Lipinski definition) is 11. The fourth-order valence-electron chi connectivity index (χ4n) is 6.19. The van der Waals surface area contributed by atoms with E-state index in [1.54, 1.807) is 37.3 Å². The molecule has 0 unspecified atom stereocenters. The van der Waals surface area contributed by atoms with Crippen LogP contribution in [0, 0.1) is 11.3 Å². The molecule has 3 aliphatic carbocycles. The minimum atomic E-state index is -1.69. The van der Waals surface area contributed by atoms with E-state index in [-0.39, 0.29) is 18.4 Å². The van der Waals surface area contributed by atoms with Crippen molar-refractivity contribution in [2.24, 2.45) is 11.3 Å². The lowest BCUT2D eigenvalue weighted by Crippen LogP contribution is -2.80. The number of rotatable bonds is 6. The maximum atomic E-state index is 13.2. The van der Waals surface area contributed by atoms with E-state index in [9.17, 15) is 35.1 Å². The van der Waals surface area contributed by atoms with E-state index in [4.69, 9.17) is 18.9 Å². The summed E-state index contributed by atoms with van der Waals surface area (Å²) >= 11 is 0. The van der Waals surface area contributed by atoms with Crippen molar-refractivity contribution in [3.63, 3.8) is 0 Å². The minimum absolute atomic E-state index is 0.0508. The Labute approximate surface area is 194 Å². The largest absolute Gasteiger partial charge is 0.461 e. The van der Waals surface area contributed by atoms with Gasteiger partial charge in [-0.3, -0.25) is 4.79 Å². The molecule has 0 aromatic heterocycles. The van der Waals surface area contributed by atoms with Crippen LogP contribution in [0.2, 0.25) is 0 Å². The molecule has 0 radical (unpaired) electrons. The second-order valence-electron chi connectivity index (χ2n) is 9.76. The van der Waals surface area contributed by atoms with E-state index in [0.717, 1.165) is 0 Å². The third kappa shape index (κ3) is 2.95. The molecule has 186 valence electrons. The summed E-state index contributed by atoms with van der Waals surface area (Å²) in [7, 11) is 0. The second-order valence-corrected chi connectivity index (χ2v) is 9.76. The number of aliphatic hydroxyl groups excluding tert-OH is 5. The Kier molecular flexibility index (Phi) is 5.52. The van der Waals surface area contributed by atoms with Gasteiger partial charge in [-0.2, -0.15) is 0 Å². The lowest BCUT2D eigenvalue weighted by atomic mass is 9.40. The normalized spacial score (nSPS) is 47.0. The Morgan fingerprint density at radius 2 is 1.79 bits per heavy atom. The Bertz CT molecular complexity index is 969. The van der Waals surface area contributed by atoms with Gasteiger partial charge in [0.05, 0.1) is 18.3 Å². The molecule has 5 aliphatic rings. The topological polar surface area (TPSA) is 172 Å². The summed E-state index contributed by atoms with van der Waals surface area (Å²) in [6.45, 7) is 0.508. The summed E-state index contributed by atoms with van der Waals surface area (Å²) in [6.07, 6.45) is -8.41. The van der Waals surface area contributed by atoms with Crippen molar-refractivity contribution in [2.45, 2.75) is 67.8 Å². The summed E-state index contributed by atoms with van der Waals surface area (Å²) < 4.78 is 22.9. The molecule has 2 aliphatic heterocycles. The van der Waals surface area contributed by atoms with Gasteiger partial charge in [0.25, 0.3) is 0 Å². The van der Waals surface area contributed by atoms with Crippen LogP contribution in [0.4, 0.5) is 0 Å². The third-order valence-corrected chi connectivity index (χ3v) is 8.07. The van der Waals surface area contributed by atoms with Gasteiger partial charge >= 0.3 is 11.9 Å². The van der Waals surface area contributed by atoms with E-state index in [1.165, 1.54) is 0 Å². The van der Waals surface area contributed by atoms with Crippen LogP contribution in [-0.2, 0) is 23.7 Å². The van der Waals surface area contributed by atoms with E-state index in [2.05, 4.69) is 0 Å². The molecule has 2 heterocycles. The predicted molar refractivity (Wildman–Crippen MR) is 110 cm³/mol. The fraction of sp³-hybridized carbons (Fsp3) is 0.652. The highest BCUT2D eigenvalue weighted by molar-refractivity contribution is 5.90. The predicted octanol–water partition coefficient (Wildman–Crippen LogP) is -1.51. The second kappa shape index (κ2) is 7.95. The number of esters is 2. The molecule has 5 fully saturated rings. The number of carbonyl (C=O) groups is 2. The lowest BCUT2D eigenvalue weighted by molar-refractivity contribution is -0.394. The summed E-state index contributed by atoms with van der Waals surface area (Å²) in [5.74, 6) is -2.00. The molecule has 2 saturated heterocycles. The molecule has 0 spiro atoms. The Morgan fingerprint density at radius 1 is 1.09 bits per heavy atom. The summed E-state index contributed by atoms with van der Waals surface area (Å²) in [5.41, 5.74) is -4.08. The SMILES string of the molecule is C[C@]12C[C@@H](O)[C@H]3C[C@@]1(O[C@@H]1O[C@H](CO)[C@@H](O)[C@H](O)[C@H]1O)[C@]3(COC(=O)c1ccccc1)C(=O)O2. The van der Waals surface area contributed by atoms with E-state index in [0.29, 0.717) is 0 Å². The Morgan fingerprint density at radius 3 is 2.47 bits per heavy atom. The summed E-state index contributed by atoms with van der Waals surface area (Å²) in [4.78, 5) is 25.9. The molecule has 5 N–H and O–H groups in total. The first-order valence-corrected chi connectivity index (χ1v) is 11.2. The smallest absolute Gasteiger partial charge is 0.338 e. The monoisotopic (exact) mass is 480 g/mol. The van der Waals surface area contributed by atoms with Gasteiger partial charge in [-0.15, -0.1) is 0 Å². The van der Waals surface area contributed by atoms with Crippen LogP contribution >= 0.6 is 0 Å². The molecule has 0 amide bonds. The van der Waals surface area contributed by atoms with Gasteiger partial charge in [-0.25, -0.2) is 4.79 Å². The molecular formula is C23H28O11. The Balaban J connectivity index is 1.46. The number of aliphatic hydroxyl groups is 5. The fourth-order valence-corrected chi connectivity index (χ4v) is 6.19. The molecular weight excluding hydrogens is 452 g/mol. The first kappa shape index (κ1) is 23.6. The summed E-state index contributed by atoms with van der Waals surface area (Å²) in [6, 6.07) is 8.20. The van der Waals surface area contributed by atoms with E-state index < -0.39 is 84.5 Å². The third-order valence-electron chi connectivity index (χ3n) is 8.07. The van der Waals surface area contributed by atoms with Crippen molar-refractivity contribution in [3.05, 3.63) is 35.9 Å². The number of ether oxygens (including phenoxy) is 4. The van der Waals surface area contributed by atoms with E-state index in [1.807, 2.05) is 0 Å². The zero-order valence-corrected chi connectivity index (χ0v) is 18.4. The Hall–Kier alpha value is -2.12. The van der Waals surface area contributed by atoms with Gasteiger partial charge in [0.2, 0.25) is 0 Å². The number of carbonyl (C=O) groups excluding carboxylic acids is 2. The van der Waals surface area contributed by atoms with Gasteiger partial charge in [0.15, 0.2) is 6.29 Å². The van der Waals surface area contributed by atoms with Gasteiger partial charge in [-0.1, -0.05) is 18.2 Å². The average molecular weight is 480 g/mol. The highest BCUT2D eigenvalue weighted by Gasteiger charge is 2.88. The maximum absolute atomic E-state index is 13.2. The maximum Gasteiger partial charge on any atom is 0.338 e. The molecule has 3 saturated carbocycles. The molecule has 1 aromatic rings. The zero-order chi connectivity index (χ0) is 24.5. The first-order chi connectivity index (χ1) is 16.1. The van der Waals surface area contributed by atoms with Gasteiger partial charge in [-0.05, 0) is 25.5 Å². The molecule has 11 heteroatoms. The van der Waals surface area contributed by atoms with Crippen LogP contribution in [0.15, 0.2) is 30.3 Å². The molecule has 4 bridgehead atoms. The van der Waals surface area contributed by atoms with Gasteiger partial charge in [0.1, 0.15) is 47.6 Å². The van der Waals surface area contributed by atoms with Crippen LogP contribution in [0.5, 0.6) is 0 Å². The highest BCUT2D eigenvalue weighted by Crippen LogP contribution is 2.73.